The number of rotatable bonds is 3. The molecule has 1 atom stereocenters. The molecule has 5 heteroatoms. The summed E-state index contributed by atoms with van der Waals surface area (Å²) in [5.41, 5.74) is 0.638. The van der Waals surface area contributed by atoms with Gasteiger partial charge in [-0.3, -0.25) is 4.79 Å². The number of aliphatic carboxylic acids is 1. The van der Waals surface area contributed by atoms with Gasteiger partial charge in [-0.25, -0.2) is 0 Å². The third-order valence-electron chi connectivity index (χ3n) is 2.29. The van der Waals surface area contributed by atoms with Crippen molar-refractivity contribution in [3.05, 3.63) is 23.8 Å². The average molecular weight is 221 g/mol. The van der Waals surface area contributed by atoms with Gasteiger partial charge in [-0.2, -0.15) is 0 Å². The molecular formula is C10H14NaO4. The first-order valence-corrected chi connectivity index (χ1v) is 4.53. The number of carboxylic acid groups (broad SMARTS) is 1. The molecule has 3 N–H and O–H groups in total. The molecule has 0 fully saturated rings. The van der Waals surface area contributed by atoms with Gasteiger partial charge in [-0.15, -0.1) is 0 Å². The predicted octanol–water partition coefficient (Wildman–Crippen LogP) is 0.284. The summed E-state index contributed by atoms with van der Waals surface area (Å²) in [7, 11) is 0. The second kappa shape index (κ2) is 5.82. The van der Waals surface area contributed by atoms with Gasteiger partial charge >= 0.3 is 5.97 Å². The van der Waals surface area contributed by atoms with E-state index >= 15 is 0 Å². The van der Waals surface area contributed by atoms with E-state index in [4.69, 9.17) is 15.3 Å². The maximum Gasteiger partial charge on any atom is 0.310 e. The molecule has 0 saturated heterocycles. The first-order valence-electron chi connectivity index (χ1n) is 4.53. The van der Waals surface area contributed by atoms with Gasteiger partial charge in [0.1, 0.15) is 0 Å². The molecule has 0 aromatic heterocycles. The Labute approximate surface area is 111 Å². The summed E-state index contributed by atoms with van der Waals surface area (Å²) in [6.07, 6.45) is 4.78. The van der Waals surface area contributed by atoms with E-state index in [2.05, 4.69) is 0 Å². The molecule has 1 rings (SSSR count). The molecule has 4 nitrogen and oxygen atoms in total. The molecule has 79 valence electrons. The van der Waals surface area contributed by atoms with E-state index in [0.717, 1.165) is 0 Å². The van der Waals surface area contributed by atoms with Crippen LogP contribution in [0.25, 0.3) is 0 Å². The minimum atomic E-state index is -1.82. The van der Waals surface area contributed by atoms with Gasteiger partial charge in [0.2, 0.25) is 0 Å². The summed E-state index contributed by atoms with van der Waals surface area (Å²) < 4.78 is 0. The summed E-state index contributed by atoms with van der Waals surface area (Å²) in [4.78, 5) is 10.8. The Balaban J connectivity index is 0.00000196. The second-order valence-electron chi connectivity index (χ2n) is 3.42. The monoisotopic (exact) mass is 221 g/mol. The summed E-state index contributed by atoms with van der Waals surface area (Å²) in [5.74, 6) is -3.26. The number of hydrogen-bond donors (Lipinski definition) is 3. The third-order valence-corrected chi connectivity index (χ3v) is 2.29. The van der Waals surface area contributed by atoms with E-state index in [9.17, 15) is 4.79 Å². The first kappa shape index (κ1) is 14.9. The van der Waals surface area contributed by atoms with Crippen molar-refractivity contribution in [3.63, 3.8) is 0 Å². The molecule has 1 radical (unpaired) electrons. The molecule has 1 aliphatic carbocycles. The maximum atomic E-state index is 10.8. The number of allylic oxidation sites excluding steroid dienone is 1. The minimum absolute atomic E-state index is 0. The van der Waals surface area contributed by atoms with E-state index in [-0.39, 0.29) is 36.0 Å². The van der Waals surface area contributed by atoms with Crippen LogP contribution in [0.15, 0.2) is 23.8 Å². The summed E-state index contributed by atoms with van der Waals surface area (Å²) in [6, 6.07) is 0. The zero-order chi connectivity index (χ0) is 10.8. The van der Waals surface area contributed by atoms with Crippen LogP contribution in [-0.4, -0.2) is 56.6 Å². The van der Waals surface area contributed by atoms with Gasteiger partial charge in [0.05, 0.1) is 5.92 Å². The van der Waals surface area contributed by atoms with Crippen LogP contribution in [0.5, 0.6) is 0 Å². The van der Waals surface area contributed by atoms with E-state index in [1.54, 1.807) is 13.0 Å². The van der Waals surface area contributed by atoms with Crippen LogP contribution in [0.4, 0.5) is 0 Å². The van der Waals surface area contributed by atoms with Crippen molar-refractivity contribution in [1.82, 2.24) is 0 Å². The fraction of sp³-hybridized carbons (Fsp3) is 0.500. The smallest absolute Gasteiger partial charge is 0.310 e. The van der Waals surface area contributed by atoms with Crippen molar-refractivity contribution >= 4 is 35.5 Å². The van der Waals surface area contributed by atoms with Crippen LogP contribution < -0.4 is 0 Å². The Morgan fingerprint density at radius 2 is 2.20 bits per heavy atom. The van der Waals surface area contributed by atoms with E-state index < -0.39 is 17.7 Å². The van der Waals surface area contributed by atoms with Crippen molar-refractivity contribution in [2.24, 2.45) is 5.92 Å². The third kappa shape index (κ3) is 4.09. The standard InChI is InChI=1S/C10H14O4.Na/c1-2-8(9(11)12)7-3-5-10(13,14)6-4-7;/h3-5,8,13-14H,2,6H2,1H3,(H,11,12);. The van der Waals surface area contributed by atoms with Gasteiger partial charge in [0.25, 0.3) is 0 Å². The quantitative estimate of drug-likeness (QED) is 0.472. The van der Waals surface area contributed by atoms with Gasteiger partial charge in [-0.1, -0.05) is 19.1 Å². The second-order valence-corrected chi connectivity index (χ2v) is 3.42. The van der Waals surface area contributed by atoms with Crippen LogP contribution in [-0.2, 0) is 4.79 Å². The van der Waals surface area contributed by atoms with E-state index in [0.29, 0.717) is 12.0 Å². The van der Waals surface area contributed by atoms with E-state index in [1.807, 2.05) is 0 Å². The van der Waals surface area contributed by atoms with Gasteiger partial charge in [0.15, 0.2) is 5.79 Å². The molecule has 0 saturated carbocycles. The van der Waals surface area contributed by atoms with E-state index in [1.165, 1.54) is 12.2 Å². The van der Waals surface area contributed by atoms with Crippen LogP contribution in [0, 0.1) is 5.92 Å². The predicted molar refractivity (Wildman–Crippen MR) is 56.2 cm³/mol. The van der Waals surface area contributed by atoms with Crippen LogP contribution in [0.1, 0.15) is 19.8 Å². The average Bonchev–Trinajstić information content (AvgIpc) is 2.08. The largest absolute Gasteiger partial charge is 0.481 e. The van der Waals surface area contributed by atoms with Crippen molar-refractivity contribution < 1.29 is 20.1 Å². The molecule has 1 aliphatic rings. The number of carboxylic acids is 1. The number of carbonyl (C=O) groups is 1. The molecule has 0 heterocycles. The number of aliphatic hydroxyl groups is 2. The first-order chi connectivity index (χ1) is 6.46. The molecule has 0 aliphatic heterocycles. The fourth-order valence-corrected chi connectivity index (χ4v) is 1.45. The van der Waals surface area contributed by atoms with Crippen molar-refractivity contribution in [1.29, 1.82) is 0 Å². The topological polar surface area (TPSA) is 77.8 Å². The molecule has 0 spiro atoms. The van der Waals surface area contributed by atoms with Crippen LogP contribution in [0.3, 0.4) is 0 Å². The van der Waals surface area contributed by atoms with Gasteiger partial charge in [-0.05, 0) is 18.1 Å². The Morgan fingerprint density at radius 1 is 1.60 bits per heavy atom. The maximum absolute atomic E-state index is 10.8. The zero-order valence-electron chi connectivity index (χ0n) is 8.97. The Morgan fingerprint density at radius 3 is 2.53 bits per heavy atom. The van der Waals surface area contributed by atoms with Crippen molar-refractivity contribution in [2.75, 3.05) is 0 Å². The number of hydrogen-bond acceptors (Lipinski definition) is 3. The Hall–Kier alpha value is -0.130. The van der Waals surface area contributed by atoms with Gasteiger partial charge in [0, 0.05) is 36.0 Å². The van der Waals surface area contributed by atoms with Crippen LogP contribution >= 0.6 is 0 Å². The molecular weight excluding hydrogens is 207 g/mol. The normalized spacial score (nSPS) is 20.1. The summed E-state index contributed by atoms with van der Waals surface area (Å²) in [6.45, 7) is 1.78. The summed E-state index contributed by atoms with van der Waals surface area (Å²) in [5, 5.41) is 27.2. The SMILES string of the molecule is CCC(C(=O)O)C1=CCC(O)(O)C=C1.[Na]. The fourth-order valence-electron chi connectivity index (χ4n) is 1.45. The molecule has 0 aromatic rings. The Bertz CT molecular complexity index is 294. The van der Waals surface area contributed by atoms with Gasteiger partial charge < -0.3 is 15.3 Å². The van der Waals surface area contributed by atoms with Crippen LogP contribution in [0.2, 0.25) is 0 Å². The zero-order valence-corrected chi connectivity index (χ0v) is 11.0. The molecule has 1 unspecified atom stereocenters. The molecule has 0 aromatic carbocycles. The van der Waals surface area contributed by atoms with Crippen molar-refractivity contribution in [3.8, 4) is 0 Å². The summed E-state index contributed by atoms with van der Waals surface area (Å²) >= 11 is 0. The minimum Gasteiger partial charge on any atom is -0.481 e. The molecule has 0 amide bonds. The Kier molecular flexibility index (Phi) is 5.77. The molecule has 15 heavy (non-hydrogen) atoms. The van der Waals surface area contributed by atoms with Crippen molar-refractivity contribution in [2.45, 2.75) is 25.6 Å². The molecule has 0 bridgehead atoms.